The Hall–Kier alpha value is -0.995. The van der Waals surface area contributed by atoms with Crippen molar-refractivity contribution in [2.24, 2.45) is 17.8 Å². The Labute approximate surface area is 114 Å². The summed E-state index contributed by atoms with van der Waals surface area (Å²) < 4.78 is 5.89. The van der Waals surface area contributed by atoms with Gasteiger partial charge in [-0.3, -0.25) is 0 Å². The van der Waals surface area contributed by atoms with Gasteiger partial charge in [0.2, 0.25) is 0 Å². The van der Waals surface area contributed by atoms with Gasteiger partial charge in [-0.05, 0) is 67.1 Å². The summed E-state index contributed by atoms with van der Waals surface area (Å²) in [4.78, 5) is 0. The van der Waals surface area contributed by atoms with E-state index in [2.05, 4.69) is 0 Å². The summed E-state index contributed by atoms with van der Waals surface area (Å²) in [5, 5.41) is 18.4. The molecule has 2 N–H and O–H groups in total. The number of benzene rings is 1. The molecule has 3 rings (SSSR count). The molecule has 3 unspecified atom stereocenters. The molecule has 0 radical (unpaired) electrons. The summed E-state index contributed by atoms with van der Waals surface area (Å²) in [5.41, 5.74) is 1.41. The molecule has 3 nitrogen and oxygen atoms in total. The van der Waals surface area contributed by atoms with Crippen molar-refractivity contribution in [1.29, 1.82) is 0 Å². The maximum atomic E-state index is 9.18. The van der Waals surface area contributed by atoms with Gasteiger partial charge in [0.1, 0.15) is 5.75 Å². The van der Waals surface area contributed by atoms with E-state index in [4.69, 9.17) is 4.74 Å². The van der Waals surface area contributed by atoms with E-state index in [9.17, 15) is 10.0 Å². The minimum Gasteiger partial charge on any atom is -0.493 e. The fraction of sp³-hybridized carbons (Fsp3) is 0.600. The third-order valence-electron chi connectivity index (χ3n) is 4.87. The Morgan fingerprint density at radius 1 is 1.26 bits per heavy atom. The van der Waals surface area contributed by atoms with E-state index in [1.807, 2.05) is 19.1 Å². The van der Waals surface area contributed by atoms with Gasteiger partial charge in [-0.25, -0.2) is 0 Å². The Morgan fingerprint density at radius 3 is 2.68 bits per heavy atom. The summed E-state index contributed by atoms with van der Waals surface area (Å²) in [6.45, 7) is 2.68. The van der Waals surface area contributed by atoms with Crippen molar-refractivity contribution in [2.75, 3.05) is 6.61 Å². The van der Waals surface area contributed by atoms with Crippen LogP contribution in [0, 0.1) is 24.7 Å². The SMILES string of the molecule is Cc1cc(OCC2CC3CCC2C3)ccc1B(O)O. The molecule has 2 bridgehead atoms. The van der Waals surface area contributed by atoms with Crippen LogP contribution in [0.4, 0.5) is 0 Å². The van der Waals surface area contributed by atoms with E-state index in [1.54, 1.807) is 6.07 Å². The van der Waals surface area contributed by atoms with E-state index >= 15 is 0 Å². The highest BCUT2D eigenvalue weighted by Crippen LogP contribution is 2.48. The van der Waals surface area contributed by atoms with Crippen LogP contribution in [0.2, 0.25) is 0 Å². The molecule has 2 saturated carbocycles. The van der Waals surface area contributed by atoms with Crippen LogP contribution in [0.5, 0.6) is 5.75 Å². The van der Waals surface area contributed by atoms with Gasteiger partial charge in [-0.2, -0.15) is 0 Å². The number of hydrogen-bond acceptors (Lipinski definition) is 3. The van der Waals surface area contributed by atoms with Crippen molar-refractivity contribution < 1.29 is 14.8 Å². The number of ether oxygens (including phenoxy) is 1. The van der Waals surface area contributed by atoms with Crippen molar-refractivity contribution in [1.82, 2.24) is 0 Å². The van der Waals surface area contributed by atoms with Gasteiger partial charge in [0.15, 0.2) is 0 Å². The van der Waals surface area contributed by atoms with Crippen molar-refractivity contribution in [3.8, 4) is 5.75 Å². The van der Waals surface area contributed by atoms with Gasteiger partial charge in [0, 0.05) is 0 Å². The molecule has 0 saturated heterocycles. The second-order valence-corrected chi connectivity index (χ2v) is 6.14. The zero-order valence-corrected chi connectivity index (χ0v) is 11.4. The monoisotopic (exact) mass is 260 g/mol. The van der Waals surface area contributed by atoms with Crippen LogP contribution in [0.15, 0.2) is 18.2 Å². The zero-order chi connectivity index (χ0) is 13.4. The maximum absolute atomic E-state index is 9.18. The van der Waals surface area contributed by atoms with E-state index < -0.39 is 7.12 Å². The van der Waals surface area contributed by atoms with Crippen molar-refractivity contribution >= 4 is 12.6 Å². The molecule has 0 spiro atoms. The van der Waals surface area contributed by atoms with Gasteiger partial charge in [0.05, 0.1) is 6.61 Å². The second kappa shape index (κ2) is 5.18. The average molecular weight is 260 g/mol. The minimum absolute atomic E-state index is 0.548. The standard InChI is InChI=1S/C15H21BO3/c1-10-6-14(4-5-15(10)16(17)18)19-9-13-8-11-2-3-12(13)7-11/h4-6,11-13,17-18H,2-3,7-9H2,1H3. The van der Waals surface area contributed by atoms with Crippen LogP contribution in [0.1, 0.15) is 31.2 Å². The predicted molar refractivity (Wildman–Crippen MR) is 75.4 cm³/mol. The van der Waals surface area contributed by atoms with Crippen molar-refractivity contribution in [3.63, 3.8) is 0 Å². The van der Waals surface area contributed by atoms with Crippen molar-refractivity contribution in [2.45, 2.75) is 32.6 Å². The lowest BCUT2D eigenvalue weighted by molar-refractivity contribution is 0.195. The molecule has 2 fully saturated rings. The lowest BCUT2D eigenvalue weighted by Gasteiger charge is -2.22. The van der Waals surface area contributed by atoms with Crippen LogP contribution in [0.25, 0.3) is 0 Å². The maximum Gasteiger partial charge on any atom is 0.488 e. The molecule has 1 aromatic carbocycles. The average Bonchev–Trinajstić information content (AvgIpc) is 2.98. The Bertz CT molecular complexity index is 461. The lowest BCUT2D eigenvalue weighted by Crippen LogP contribution is -2.31. The highest BCUT2D eigenvalue weighted by atomic mass is 16.5. The molecule has 0 aliphatic heterocycles. The highest BCUT2D eigenvalue weighted by molar-refractivity contribution is 6.59. The normalized spacial score (nSPS) is 28.7. The molecule has 0 aromatic heterocycles. The molecule has 4 heteroatoms. The van der Waals surface area contributed by atoms with Gasteiger partial charge in [0.25, 0.3) is 0 Å². The highest BCUT2D eigenvalue weighted by Gasteiger charge is 2.39. The smallest absolute Gasteiger partial charge is 0.488 e. The largest absolute Gasteiger partial charge is 0.493 e. The van der Waals surface area contributed by atoms with E-state index in [1.165, 1.54) is 25.7 Å². The molecule has 2 aliphatic rings. The minimum atomic E-state index is -1.40. The molecule has 3 atom stereocenters. The molecule has 19 heavy (non-hydrogen) atoms. The first-order valence-electron chi connectivity index (χ1n) is 7.23. The van der Waals surface area contributed by atoms with Crippen LogP contribution in [-0.4, -0.2) is 23.8 Å². The van der Waals surface area contributed by atoms with Gasteiger partial charge < -0.3 is 14.8 Å². The molecule has 102 valence electrons. The lowest BCUT2D eigenvalue weighted by atomic mass is 9.77. The second-order valence-electron chi connectivity index (χ2n) is 6.14. The first-order valence-corrected chi connectivity index (χ1v) is 7.23. The van der Waals surface area contributed by atoms with E-state index in [0.717, 1.165) is 35.7 Å². The molecule has 1 aromatic rings. The zero-order valence-electron chi connectivity index (χ0n) is 11.4. The van der Waals surface area contributed by atoms with Gasteiger partial charge >= 0.3 is 7.12 Å². The Kier molecular flexibility index (Phi) is 3.55. The van der Waals surface area contributed by atoms with Gasteiger partial charge in [-0.15, -0.1) is 0 Å². The Morgan fingerprint density at radius 2 is 2.11 bits per heavy atom. The summed E-state index contributed by atoms with van der Waals surface area (Å²) in [6, 6.07) is 5.45. The molecular formula is C15H21BO3. The third kappa shape index (κ3) is 2.65. The fourth-order valence-electron chi connectivity index (χ4n) is 3.81. The molecule has 2 aliphatic carbocycles. The quantitative estimate of drug-likeness (QED) is 0.806. The number of rotatable bonds is 4. The Balaban J connectivity index is 1.60. The van der Waals surface area contributed by atoms with E-state index in [-0.39, 0.29) is 0 Å². The summed E-state index contributed by atoms with van der Waals surface area (Å²) >= 11 is 0. The topological polar surface area (TPSA) is 49.7 Å². The summed E-state index contributed by atoms with van der Waals surface area (Å²) in [5.74, 6) is 3.39. The summed E-state index contributed by atoms with van der Waals surface area (Å²) in [6.07, 6.45) is 5.54. The number of aryl methyl sites for hydroxylation is 1. The molecule has 0 heterocycles. The number of hydrogen-bond donors (Lipinski definition) is 2. The van der Waals surface area contributed by atoms with Crippen LogP contribution in [0.3, 0.4) is 0 Å². The molecule has 0 amide bonds. The predicted octanol–water partition coefficient (Wildman–Crippen LogP) is 1.49. The molecular weight excluding hydrogens is 239 g/mol. The fourth-order valence-corrected chi connectivity index (χ4v) is 3.81. The number of fused-ring (bicyclic) bond motifs is 2. The van der Waals surface area contributed by atoms with Crippen LogP contribution < -0.4 is 10.2 Å². The third-order valence-corrected chi connectivity index (χ3v) is 4.87. The first kappa shape index (κ1) is 13.0. The van der Waals surface area contributed by atoms with Crippen molar-refractivity contribution in [3.05, 3.63) is 23.8 Å². The van der Waals surface area contributed by atoms with E-state index in [0.29, 0.717) is 5.46 Å². The first-order chi connectivity index (χ1) is 9.13. The van der Waals surface area contributed by atoms with Crippen LogP contribution in [-0.2, 0) is 0 Å². The van der Waals surface area contributed by atoms with Crippen LogP contribution >= 0.6 is 0 Å². The van der Waals surface area contributed by atoms with Gasteiger partial charge in [-0.1, -0.05) is 12.5 Å². The summed E-state index contributed by atoms with van der Waals surface area (Å²) in [7, 11) is -1.40.